The maximum Gasteiger partial charge on any atom is 0.0875 e. The molecule has 0 radical (unpaired) electrons. The lowest BCUT2D eigenvalue weighted by molar-refractivity contribution is -0.173. The lowest BCUT2D eigenvalue weighted by Gasteiger charge is -2.59. The summed E-state index contributed by atoms with van der Waals surface area (Å²) in [5.74, 6) is 4.60. The highest BCUT2D eigenvalue weighted by Crippen LogP contribution is 2.67. The van der Waals surface area contributed by atoms with Gasteiger partial charge in [-0.3, -0.25) is 0 Å². The summed E-state index contributed by atoms with van der Waals surface area (Å²) < 4.78 is 12.3. The molecule has 1 aliphatic heterocycles. The van der Waals surface area contributed by atoms with Crippen LogP contribution < -0.4 is 0 Å². The third-order valence-electron chi connectivity index (χ3n) is 10.3. The third kappa shape index (κ3) is 2.80. The van der Waals surface area contributed by atoms with E-state index in [0.29, 0.717) is 23.0 Å². The Bertz CT molecular complexity index is 626. The van der Waals surface area contributed by atoms with Gasteiger partial charge in [-0.1, -0.05) is 52.2 Å². The van der Waals surface area contributed by atoms with Crippen LogP contribution in [-0.2, 0) is 9.47 Å². The molecule has 5 aliphatic rings. The fourth-order valence-corrected chi connectivity index (χ4v) is 9.02. The average Bonchev–Trinajstić information content (AvgIpc) is 3.03. The summed E-state index contributed by atoms with van der Waals surface area (Å²) in [6.45, 7) is 11.8. The van der Waals surface area contributed by atoms with Crippen LogP contribution in [0.15, 0.2) is 11.6 Å². The van der Waals surface area contributed by atoms with Gasteiger partial charge >= 0.3 is 0 Å². The number of fused-ring (bicyclic) bond motifs is 6. The van der Waals surface area contributed by atoms with Crippen LogP contribution in [0, 0.1) is 40.4 Å². The average molecular weight is 387 g/mol. The highest BCUT2D eigenvalue weighted by atomic mass is 16.6. The monoisotopic (exact) mass is 386 g/mol. The van der Waals surface area contributed by atoms with E-state index in [4.69, 9.17) is 9.47 Å². The van der Waals surface area contributed by atoms with Gasteiger partial charge in [-0.2, -0.15) is 0 Å². The molecule has 1 saturated heterocycles. The lowest BCUT2D eigenvalue weighted by atomic mass is 9.46. The minimum Gasteiger partial charge on any atom is -0.373 e. The Morgan fingerprint density at radius 1 is 1.07 bits per heavy atom. The van der Waals surface area contributed by atoms with Crippen LogP contribution in [-0.4, -0.2) is 25.4 Å². The second-order valence-corrected chi connectivity index (χ2v) is 11.5. The van der Waals surface area contributed by atoms with Crippen molar-refractivity contribution in [2.75, 3.05) is 13.2 Å². The highest BCUT2D eigenvalue weighted by Gasteiger charge is 2.60. The fraction of sp³-hybridized carbons (Fsp3) is 0.923. The zero-order valence-electron chi connectivity index (χ0n) is 18.7. The van der Waals surface area contributed by atoms with Crippen LogP contribution in [0.25, 0.3) is 0 Å². The van der Waals surface area contributed by atoms with Gasteiger partial charge in [0, 0.05) is 0 Å². The molecule has 28 heavy (non-hydrogen) atoms. The molecule has 158 valence electrons. The number of allylic oxidation sites excluding steroid dienone is 1. The summed E-state index contributed by atoms with van der Waals surface area (Å²) in [5.41, 5.74) is 2.68. The predicted molar refractivity (Wildman–Crippen MR) is 114 cm³/mol. The Hall–Kier alpha value is -0.340. The molecular weight excluding hydrogens is 344 g/mol. The molecule has 0 amide bonds. The van der Waals surface area contributed by atoms with Crippen LogP contribution >= 0.6 is 0 Å². The molecule has 0 spiro atoms. The van der Waals surface area contributed by atoms with Crippen LogP contribution in [0.4, 0.5) is 0 Å². The van der Waals surface area contributed by atoms with Crippen molar-refractivity contribution >= 4 is 0 Å². The molecule has 1 heterocycles. The fourth-order valence-electron chi connectivity index (χ4n) is 9.02. The van der Waals surface area contributed by atoms with Crippen LogP contribution in [0.3, 0.4) is 0 Å². The van der Waals surface area contributed by atoms with Gasteiger partial charge in [-0.05, 0) is 85.4 Å². The number of hydrogen-bond acceptors (Lipinski definition) is 2. The largest absolute Gasteiger partial charge is 0.373 e. The van der Waals surface area contributed by atoms with Crippen molar-refractivity contribution in [2.24, 2.45) is 40.4 Å². The molecule has 0 aromatic rings. The van der Waals surface area contributed by atoms with Crippen molar-refractivity contribution in [3.63, 3.8) is 0 Å². The van der Waals surface area contributed by atoms with E-state index in [1.165, 1.54) is 51.4 Å². The molecule has 9 atom stereocenters. The first kappa shape index (κ1) is 19.6. The van der Waals surface area contributed by atoms with E-state index in [-0.39, 0.29) is 0 Å². The zero-order valence-corrected chi connectivity index (χ0v) is 18.7. The second-order valence-electron chi connectivity index (χ2n) is 11.5. The predicted octanol–water partition coefficient (Wildman–Crippen LogP) is 6.40. The van der Waals surface area contributed by atoms with Crippen molar-refractivity contribution in [2.45, 2.75) is 97.7 Å². The maximum absolute atomic E-state index is 6.21. The van der Waals surface area contributed by atoms with E-state index in [2.05, 4.69) is 33.8 Å². The molecule has 4 aliphatic carbocycles. The zero-order chi connectivity index (χ0) is 19.5. The second kappa shape index (κ2) is 7.12. The number of hydrogen-bond donors (Lipinski definition) is 0. The van der Waals surface area contributed by atoms with E-state index >= 15 is 0 Å². The number of ether oxygens (including phenoxy) is 2. The Morgan fingerprint density at radius 3 is 2.64 bits per heavy atom. The Balaban J connectivity index is 1.41. The normalized spacial score (nSPS) is 51.4. The van der Waals surface area contributed by atoms with Crippen molar-refractivity contribution in [1.82, 2.24) is 0 Å². The summed E-state index contributed by atoms with van der Waals surface area (Å²) in [6, 6.07) is 0. The van der Waals surface area contributed by atoms with Crippen molar-refractivity contribution < 1.29 is 9.47 Å². The van der Waals surface area contributed by atoms with Gasteiger partial charge in [0.05, 0.1) is 25.4 Å². The summed E-state index contributed by atoms with van der Waals surface area (Å²) >= 11 is 0. The molecule has 3 saturated carbocycles. The minimum atomic E-state index is 0.323. The quantitative estimate of drug-likeness (QED) is 0.523. The highest BCUT2D eigenvalue weighted by molar-refractivity contribution is 5.27. The molecule has 0 aromatic carbocycles. The van der Waals surface area contributed by atoms with Gasteiger partial charge in [0.15, 0.2) is 0 Å². The summed E-state index contributed by atoms with van der Waals surface area (Å²) in [4.78, 5) is 0. The maximum atomic E-state index is 6.21. The lowest BCUT2D eigenvalue weighted by Crippen LogP contribution is -2.55. The molecule has 4 fully saturated rings. The van der Waals surface area contributed by atoms with E-state index in [9.17, 15) is 0 Å². The molecule has 3 unspecified atom stereocenters. The molecule has 0 bridgehead atoms. The standard InChI is InChI=1S/C26H42O2/c1-5-6-17(2)20-9-10-21-19-8-7-18-15-23-24(28-14-13-27-23)16-26(18,4)22(19)11-12-25(20,21)3/h7,17,19-24H,5-6,8-16H2,1-4H3/t17?,19-,20+,21-,22-,23?,24?,25+,26-/m0/s1. The Labute approximate surface area is 172 Å². The molecule has 2 nitrogen and oxygen atoms in total. The summed E-state index contributed by atoms with van der Waals surface area (Å²) in [7, 11) is 0. The van der Waals surface area contributed by atoms with Gasteiger partial charge in [0.1, 0.15) is 0 Å². The third-order valence-corrected chi connectivity index (χ3v) is 10.3. The first-order valence-corrected chi connectivity index (χ1v) is 12.4. The van der Waals surface area contributed by atoms with Gasteiger partial charge in [-0.25, -0.2) is 0 Å². The molecule has 0 aromatic heterocycles. The van der Waals surface area contributed by atoms with Crippen LogP contribution in [0.2, 0.25) is 0 Å². The molecule has 5 rings (SSSR count). The first-order chi connectivity index (χ1) is 13.5. The number of rotatable bonds is 3. The Morgan fingerprint density at radius 2 is 1.86 bits per heavy atom. The van der Waals surface area contributed by atoms with Crippen molar-refractivity contribution in [3.8, 4) is 0 Å². The topological polar surface area (TPSA) is 18.5 Å². The van der Waals surface area contributed by atoms with Gasteiger partial charge < -0.3 is 9.47 Å². The van der Waals surface area contributed by atoms with E-state index in [1.54, 1.807) is 5.57 Å². The SMILES string of the molecule is CCCC(C)[C@H]1CC[C@H]2[C@@H]3CC=C4CC5OCCOC5C[C@]4(C)[C@H]3CC[C@]12C. The summed E-state index contributed by atoms with van der Waals surface area (Å²) in [6.07, 6.45) is 15.6. The molecular formula is C26H42O2. The van der Waals surface area contributed by atoms with E-state index in [0.717, 1.165) is 49.2 Å². The van der Waals surface area contributed by atoms with Crippen molar-refractivity contribution in [3.05, 3.63) is 11.6 Å². The van der Waals surface area contributed by atoms with E-state index in [1.807, 2.05) is 0 Å². The van der Waals surface area contributed by atoms with Gasteiger partial charge in [-0.15, -0.1) is 0 Å². The smallest absolute Gasteiger partial charge is 0.0875 e. The van der Waals surface area contributed by atoms with Gasteiger partial charge in [0.25, 0.3) is 0 Å². The molecule has 0 N–H and O–H groups in total. The first-order valence-electron chi connectivity index (χ1n) is 12.4. The van der Waals surface area contributed by atoms with Gasteiger partial charge in [0.2, 0.25) is 0 Å². The van der Waals surface area contributed by atoms with Crippen molar-refractivity contribution in [1.29, 1.82) is 0 Å². The Kier molecular flexibility index (Phi) is 4.99. The van der Waals surface area contributed by atoms with Crippen LogP contribution in [0.5, 0.6) is 0 Å². The summed E-state index contributed by atoms with van der Waals surface area (Å²) in [5, 5.41) is 0. The van der Waals surface area contributed by atoms with Crippen LogP contribution in [0.1, 0.15) is 85.5 Å². The molecule has 2 heteroatoms. The minimum absolute atomic E-state index is 0.323. The van der Waals surface area contributed by atoms with E-state index < -0.39 is 0 Å².